The molecule has 0 aliphatic rings. The molecule has 0 bridgehead atoms. The largest absolute Gasteiger partial charge is 0.336 e. The fourth-order valence-corrected chi connectivity index (χ4v) is 3.10. The smallest absolute Gasteiger partial charge is 0.229 e. The summed E-state index contributed by atoms with van der Waals surface area (Å²) in [6.07, 6.45) is 6.44. The van der Waals surface area contributed by atoms with Crippen LogP contribution in [0.15, 0.2) is 42.9 Å². The molecule has 156 valence electrons. The Balaban J connectivity index is 1.76. The number of unbranched alkanes of at least 4 members (excludes halogenated alkanes) is 1. The van der Waals surface area contributed by atoms with Crippen LogP contribution in [0.1, 0.15) is 12.8 Å². The Morgan fingerprint density at radius 1 is 1.20 bits per heavy atom. The van der Waals surface area contributed by atoms with Crippen LogP contribution < -0.4 is 15.4 Å². The van der Waals surface area contributed by atoms with Crippen molar-refractivity contribution in [1.82, 2.24) is 19.7 Å². The molecular formula is C18H19FN8O2S. The number of rotatable bonds is 9. The predicted molar refractivity (Wildman–Crippen MR) is 111 cm³/mol. The van der Waals surface area contributed by atoms with E-state index in [2.05, 4.69) is 36.5 Å². The van der Waals surface area contributed by atoms with Gasteiger partial charge in [-0.25, -0.2) is 17.8 Å². The molecule has 0 atom stereocenters. The highest BCUT2D eigenvalue weighted by Crippen LogP contribution is 2.27. The normalized spacial score (nSPS) is 11.0. The third kappa shape index (κ3) is 5.89. The van der Waals surface area contributed by atoms with Crippen LogP contribution in [0.4, 0.5) is 33.2 Å². The molecule has 1 aromatic carbocycles. The molecule has 0 radical (unpaired) electrons. The minimum Gasteiger partial charge on any atom is -0.336 e. The Labute approximate surface area is 172 Å². The molecule has 0 amide bonds. The SMILES string of the molecule is CS(=O)(=O)Nc1ccccc1Nc1nc(Nc2cnn(CCCC#N)c2)ncc1F. The van der Waals surface area contributed by atoms with Crippen molar-refractivity contribution in [2.45, 2.75) is 19.4 Å². The molecule has 0 saturated heterocycles. The van der Waals surface area contributed by atoms with E-state index in [1.807, 2.05) is 0 Å². The zero-order valence-electron chi connectivity index (χ0n) is 16.0. The summed E-state index contributed by atoms with van der Waals surface area (Å²) < 4.78 is 41.4. The van der Waals surface area contributed by atoms with Crippen molar-refractivity contribution in [3.63, 3.8) is 0 Å². The Morgan fingerprint density at radius 2 is 1.97 bits per heavy atom. The highest BCUT2D eigenvalue weighted by molar-refractivity contribution is 7.92. The number of nitrogens with zero attached hydrogens (tertiary/aromatic N) is 5. The van der Waals surface area contributed by atoms with Crippen LogP contribution in [-0.2, 0) is 16.6 Å². The highest BCUT2D eigenvalue weighted by Gasteiger charge is 2.12. The van der Waals surface area contributed by atoms with Crippen LogP contribution in [0.25, 0.3) is 0 Å². The van der Waals surface area contributed by atoms with E-state index in [1.165, 1.54) is 0 Å². The van der Waals surface area contributed by atoms with Crippen LogP contribution in [0.5, 0.6) is 0 Å². The summed E-state index contributed by atoms with van der Waals surface area (Å²) in [5, 5.41) is 18.5. The third-order valence-electron chi connectivity index (χ3n) is 3.78. The quantitative estimate of drug-likeness (QED) is 0.441. The van der Waals surface area contributed by atoms with Gasteiger partial charge < -0.3 is 10.6 Å². The number of sulfonamides is 1. The molecule has 0 aliphatic carbocycles. The first kappa shape index (κ1) is 21.0. The van der Waals surface area contributed by atoms with E-state index < -0.39 is 15.8 Å². The second kappa shape index (κ2) is 9.19. The second-order valence-corrected chi connectivity index (χ2v) is 8.06. The molecule has 2 aromatic heterocycles. The number of para-hydroxylation sites is 2. The lowest BCUT2D eigenvalue weighted by molar-refractivity contribution is 0.586. The zero-order chi connectivity index (χ0) is 21.6. The average Bonchev–Trinajstić information content (AvgIpc) is 3.12. The first-order chi connectivity index (χ1) is 14.3. The van der Waals surface area contributed by atoms with E-state index in [9.17, 15) is 12.8 Å². The summed E-state index contributed by atoms with van der Waals surface area (Å²) in [5.41, 5.74) is 1.19. The molecule has 0 spiro atoms. The van der Waals surface area contributed by atoms with Gasteiger partial charge in [-0.3, -0.25) is 9.40 Å². The maximum Gasteiger partial charge on any atom is 0.229 e. The number of nitriles is 1. The van der Waals surface area contributed by atoms with E-state index in [0.29, 0.717) is 30.8 Å². The molecule has 0 aliphatic heterocycles. The molecule has 0 fully saturated rings. The van der Waals surface area contributed by atoms with Crippen LogP contribution in [-0.4, -0.2) is 34.4 Å². The van der Waals surface area contributed by atoms with Crippen LogP contribution in [0.3, 0.4) is 0 Å². The molecule has 12 heteroatoms. The van der Waals surface area contributed by atoms with Gasteiger partial charge in [-0.2, -0.15) is 15.3 Å². The highest BCUT2D eigenvalue weighted by atomic mass is 32.2. The number of nitrogens with one attached hydrogen (secondary N) is 3. The number of aryl methyl sites for hydroxylation is 1. The lowest BCUT2D eigenvalue weighted by atomic mass is 10.2. The maximum absolute atomic E-state index is 14.2. The van der Waals surface area contributed by atoms with Crippen molar-refractivity contribution in [2.24, 2.45) is 0 Å². The van der Waals surface area contributed by atoms with Gasteiger partial charge in [0.2, 0.25) is 16.0 Å². The van der Waals surface area contributed by atoms with Gasteiger partial charge in [-0.15, -0.1) is 0 Å². The summed E-state index contributed by atoms with van der Waals surface area (Å²) in [5.74, 6) is -0.706. The van der Waals surface area contributed by atoms with Crippen molar-refractivity contribution in [2.75, 3.05) is 21.6 Å². The van der Waals surface area contributed by atoms with Gasteiger partial charge in [0.05, 0.1) is 41.8 Å². The summed E-state index contributed by atoms with van der Waals surface area (Å²) in [7, 11) is -3.51. The van der Waals surface area contributed by atoms with Gasteiger partial charge in [0.25, 0.3) is 0 Å². The van der Waals surface area contributed by atoms with Crippen molar-refractivity contribution in [3.8, 4) is 6.07 Å². The van der Waals surface area contributed by atoms with E-state index in [0.717, 1.165) is 12.5 Å². The van der Waals surface area contributed by atoms with Gasteiger partial charge in [0.15, 0.2) is 11.6 Å². The van der Waals surface area contributed by atoms with E-state index in [4.69, 9.17) is 5.26 Å². The molecule has 0 saturated carbocycles. The molecule has 3 aromatic rings. The van der Waals surface area contributed by atoms with Gasteiger partial charge in [0.1, 0.15) is 0 Å². The van der Waals surface area contributed by atoms with E-state index in [1.54, 1.807) is 41.3 Å². The molecule has 3 rings (SSSR count). The zero-order valence-corrected chi connectivity index (χ0v) is 16.8. The Hall–Kier alpha value is -3.72. The van der Waals surface area contributed by atoms with E-state index >= 15 is 0 Å². The lowest BCUT2D eigenvalue weighted by Crippen LogP contribution is -2.11. The lowest BCUT2D eigenvalue weighted by Gasteiger charge is -2.13. The minimum atomic E-state index is -3.51. The first-order valence-electron chi connectivity index (χ1n) is 8.87. The topological polar surface area (TPSA) is 138 Å². The summed E-state index contributed by atoms with van der Waals surface area (Å²) in [4.78, 5) is 8.03. The van der Waals surface area contributed by atoms with Crippen LogP contribution in [0.2, 0.25) is 0 Å². The predicted octanol–water partition coefficient (Wildman–Crippen LogP) is 2.97. The van der Waals surface area contributed by atoms with Crippen LogP contribution in [0, 0.1) is 17.1 Å². The third-order valence-corrected chi connectivity index (χ3v) is 4.38. The minimum absolute atomic E-state index is 0.128. The summed E-state index contributed by atoms with van der Waals surface area (Å²) in [6, 6.07) is 8.53. The Morgan fingerprint density at radius 3 is 2.70 bits per heavy atom. The molecule has 0 unspecified atom stereocenters. The molecule has 10 nitrogen and oxygen atoms in total. The standard InChI is InChI=1S/C18H19FN8O2S/c1-30(28,29)26-16-7-3-2-6-15(16)24-17-14(19)11-21-18(25-17)23-13-10-22-27(12-13)9-5-4-8-20/h2-3,6-7,10-12,26H,4-5,9H2,1H3,(H2,21,23,24,25). The summed E-state index contributed by atoms with van der Waals surface area (Å²) >= 11 is 0. The van der Waals surface area contributed by atoms with Gasteiger partial charge in [0, 0.05) is 19.2 Å². The maximum atomic E-state index is 14.2. The average molecular weight is 430 g/mol. The van der Waals surface area contributed by atoms with Crippen LogP contribution >= 0.6 is 0 Å². The Bertz CT molecular complexity index is 1170. The molecule has 30 heavy (non-hydrogen) atoms. The Kier molecular flexibility index (Phi) is 6.43. The molecule has 2 heterocycles. The number of anilines is 5. The summed E-state index contributed by atoms with van der Waals surface area (Å²) in [6.45, 7) is 0.594. The van der Waals surface area contributed by atoms with E-state index in [-0.39, 0.29) is 17.5 Å². The molecular weight excluding hydrogens is 411 g/mol. The number of hydrogen-bond acceptors (Lipinski definition) is 8. The number of aromatic nitrogens is 4. The van der Waals surface area contributed by atoms with Gasteiger partial charge >= 0.3 is 0 Å². The number of hydrogen-bond donors (Lipinski definition) is 3. The number of benzene rings is 1. The number of halogens is 1. The molecule has 3 N–H and O–H groups in total. The van der Waals surface area contributed by atoms with Crippen molar-refractivity contribution in [1.29, 1.82) is 5.26 Å². The van der Waals surface area contributed by atoms with Crippen molar-refractivity contribution < 1.29 is 12.8 Å². The fourth-order valence-electron chi connectivity index (χ4n) is 2.52. The fraction of sp³-hybridized carbons (Fsp3) is 0.222. The van der Waals surface area contributed by atoms with Crippen molar-refractivity contribution in [3.05, 3.63) is 48.7 Å². The second-order valence-electron chi connectivity index (χ2n) is 6.31. The monoisotopic (exact) mass is 430 g/mol. The van der Waals surface area contributed by atoms with Crippen molar-refractivity contribution >= 4 is 38.9 Å². The first-order valence-corrected chi connectivity index (χ1v) is 10.8. The van der Waals surface area contributed by atoms with Gasteiger partial charge in [-0.1, -0.05) is 12.1 Å². The van der Waals surface area contributed by atoms with Gasteiger partial charge in [-0.05, 0) is 18.6 Å².